The molecule has 70 heavy (non-hydrogen) atoms. The van der Waals surface area contributed by atoms with Gasteiger partial charge in [-0.3, -0.25) is 0 Å². The molecule has 0 saturated heterocycles. The zero-order valence-electron chi connectivity index (χ0n) is 48.9. The second-order valence-corrected chi connectivity index (χ2v) is 23.9. The Balaban J connectivity index is 0.0000245. The molecule has 1 nitrogen and oxygen atoms in total. The van der Waals surface area contributed by atoms with Crippen LogP contribution < -0.4 is 17.0 Å². The lowest BCUT2D eigenvalue weighted by Crippen LogP contribution is -3.00. The van der Waals surface area contributed by atoms with Crippen molar-refractivity contribution in [1.29, 1.82) is 0 Å². The molecule has 0 aliphatic rings. The fourth-order valence-corrected chi connectivity index (χ4v) is 13.2. The second-order valence-electron chi connectivity index (χ2n) is 22.8. The van der Waals surface area contributed by atoms with Crippen LogP contribution in [0.15, 0.2) is 0 Å². The van der Waals surface area contributed by atoms with E-state index in [9.17, 15) is 0 Å². The van der Waals surface area contributed by atoms with Crippen molar-refractivity contribution in [2.24, 2.45) is 0 Å². The van der Waals surface area contributed by atoms with E-state index in [4.69, 9.17) is 0 Å². The summed E-state index contributed by atoms with van der Waals surface area (Å²) >= 11 is 2.33. The molecule has 0 fully saturated rings. The van der Waals surface area contributed by atoms with E-state index in [1.54, 1.807) is 15.2 Å². The van der Waals surface area contributed by atoms with Crippen LogP contribution in [0.5, 0.6) is 0 Å². The predicted octanol–water partition coefficient (Wildman–Crippen LogP) is 20.7. The summed E-state index contributed by atoms with van der Waals surface area (Å²) in [6.45, 7) is 15.4. The van der Waals surface area contributed by atoms with Crippen molar-refractivity contribution in [3.05, 3.63) is 27.3 Å². The van der Waals surface area contributed by atoms with Gasteiger partial charge in [0.25, 0.3) is 0 Å². The molecule has 0 aliphatic heterocycles. The first kappa shape index (κ1) is 67.4. The van der Waals surface area contributed by atoms with Gasteiger partial charge in [-0.1, -0.05) is 316 Å². The molecule has 2 aromatic rings. The summed E-state index contributed by atoms with van der Waals surface area (Å²) in [6, 6.07) is 0. The van der Waals surface area contributed by atoms with Crippen LogP contribution in [0.4, 0.5) is 0 Å². The van der Waals surface area contributed by atoms with Crippen LogP contribution in [0, 0.1) is 0 Å². The van der Waals surface area contributed by atoms with Crippen molar-refractivity contribution in [2.75, 3.05) is 0 Å². The fourth-order valence-electron chi connectivity index (χ4n) is 11.7. The smallest absolute Gasteiger partial charge is 0.238 e. The van der Waals surface area contributed by atoms with E-state index in [1.165, 1.54) is 347 Å². The van der Waals surface area contributed by atoms with E-state index in [0.717, 1.165) is 0 Å². The third-order valence-corrected chi connectivity index (χ3v) is 17.6. The van der Waals surface area contributed by atoms with Crippen LogP contribution in [-0.2, 0) is 38.6 Å². The number of thiazole rings is 1. The molecule has 0 atom stereocenters. The molecule has 0 amide bonds. The number of hydrogen-bond acceptors (Lipinski definition) is 1. The van der Waals surface area contributed by atoms with Gasteiger partial charge in [-0.25, -0.2) is 0 Å². The molecule has 0 spiro atoms. The SMILES string of the molecule is CCCCCCCCCCc1c(CCCCCCCCCC)c(CCCCCCCCCC)c2c(sc(CCCCCCCCCC)[n+]2CCCCCCCCCC)c1CCCCCCCCCC.[Cl-]. The molecule has 1 heterocycles. The Morgan fingerprint density at radius 3 is 0.786 bits per heavy atom. The lowest BCUT2D eigenvalue weighted by Gasteiger charge is -2.20. The minimum absolute atomic E-state index is 0. The molecule has 412 valence electrons. The molecule has 0 unspecified atom stereocenters. The largest absolute Gasteiger partial charge is 1.00 e. The van der Waals surface area contributed by atoms with E-state index >= 15 is 0 Å². The van der Waals surface area contributed by atoms with Gasteiger partial charge in [-0.15, -0.1) is 0 Å². The van der Waals surface area contributed by atoms with Gasteiger partial charge in [0.05, 0.1) is 0 Å². The molecular formula is C67H126ClNS. The van der Waals surface area contributed by atoms with Gasteiger partial charge in [0.2, 0.25) is 10.5 Å². The number of aromatic nitrogens is 1. The summed E-state index contributed by atoms with van der Waals surface area (Å²) in [5.74, 6) is 0. The monoisotopic (exact) mass is 1010 g/mol. The Morgan fingerprint density at radius 1 is 0.243 bits per heavy atom. The third-order valence-electron chi connectivity index (χ3n) is 16.3. The van der Waals surface area contributed by atoms with Crippen LogP contribution >= 0.6 is 11.3 Å². The molecule has 0 saturated carbocycles. The van der Waals surface area contributed by atoms with Crippen molar-refractivity contribution < 1.29 is 17.0 Å². The van der Waals surface area contributed by atoms with E-state index in [0.29, 0.717) is 0 Å². The zero-order chi connectivity index (χ0) is 49.5. The van der Waals surface area contributed by atoms with Crippen LogP contribution in [-0.4, -0.2) is 0 Å². The molecule has 0 radical (unpaired) electrons. The van der Waals surface area contributed by atoms with Crippen molar-refractivity contribution in [3.63, 3.8) is 0 Å². The first-order valence-corrected chi connectivity index (χ1v) is 33.5. The lowest BCUT2D eigenvalue weighted by molar-refractivity contribution is -0.675. The van der Waals surface area contributed by atoms with Crippen LogP contribution in [0.1, 0.15) is 377 Å². The summed E-state index contributed by atoms with van der Waals surface area (Å²) in [7, 11) is 0. The Labute approximate surface area is 451 Å². The molecule has 0 aliphatic carbocycles. The molecule has 0 bridgehead atoms. The van der Waals surface area contributed by atoms with Gasteiger partial charge < -0.3 is 12.4 Å². The topological polar surface area (TPSA) is 3.88 Å². The minimum Gasteiger partial charge on any atom is -1.00 e. The Bertz CT molecular complexity index is 1390. The Hall–Kier alpha value is -0.600. The van der Waals surface area contributed by atoms with Crippen LogP contribution in [0.2, 0.25) is 0 Å². The summed E-state index contributed by atoms with van der Waals surface area (Å²) in [6.07, 6.45) is 74.8. The first-order valence-electron chi connectivity index (χ1n) is 32.7. The minimum atomic E-state index is 0. The lowest BCUT2D eigenvalue weighted by atomic mass is 9.84. The highest BCUT2D eigenvalue weighted by molar-refractivity contribution is 7.18. The molecule has 3 heteroatoms. The highest BCUT2D eigenvalue weighted by Crippen LogP contribution is 2.39. The van der Waals surface area contributed by atoms with Crippen molar-refractivity contribution in [2.45, 2.75) is 388 Å². The standard InChI is InChI=1S/C67H126NS.ClH/c1-7-13-19-25-31-37-43-49-55-61-62(56-50-44-38-32-26-20-14-8-2)64(58-52-46-40-34-28-22-16-10-4)67-66(63(61)57-51-45-39-33-27-21-15-9-3)68(60-54-48-42-36-30-24-18-12-6)65(69-67)59-53-47-41-35-29-23-17-11-5;/h7-60H2,1-6H3;1H/q+1;/p-1. The summed E-state index contributed by atoms with van der Waals surface area (Å²) in [5.41, 5.74) is 9.31. The van der Waals surface area contributed by atoms with Gasteiger partial charge in [-0.05, 0) is 80.9 Å². The molecular weight excluding hydrogens is 886 g/mol. The van der Waals surface area contributed by atoms with Gasteiger partial charge in [0.1, 0.15) is 11.2 Å². The number of unbranched alkanes of at least 4 members (excludes halogenated alkanes) is 42. The predicted molar refractivity (Wildman–Crippen MR) is 316 cm³/mol. The zero-order valence-corrected chi connectivity index (χ0v) is 50.5. The molecule has 1 aromatic carbocycles. The Kier molecular flexibility index (Phi) is 48.7. The number of halogens is 1. The van der Waals surface area contributed by atoms with Gasteiger partial charge in [0.15, 0.2) is 0 Å². The quantitative estimate of drug-likeness (QED) is 0.0459. The van der Waals surface area contributed by atoms with E-state index < -0.39 is 0 Å². The maximum absolute atomic E-state index is 3.05. The first-order chi connectivity index (χ1) is 34.2. The van der Waals surface area contributed by atoms with Gasteiger partial charge in [-0.2, -0.15) is 4.57 Å². The maximum Gasteiger partial charge on any atom is 0.238 e. The Morgan fingerprint density at radius 2 is 0.471 bits per heavy atom. The average Bonchev–Trinajstić information content (AvgIpc) is 3.72. The molecule has 1 aromatic heterocycles. The molecule has 2 rings (SSSR count). The van der Waals surface area contributed by atoms with Crippen molar-refractivity contribution in [3.8, 4) is 0 Å². The third kappa shape index (κ3) is 32.7. The van der Waals surface area contributed by atoms with E-state index in [1.807, 2.05) is 22.3 Å². The van der Waals surface area contributed by atoms with Crippen molar-refractivity contribution >= 4 is 21.6 Å². The number of nitrogens with zero attached hydrogens (tertiary/aromatic N) is 1. The highest BCUT2D eigenvalue weighted by atomic mass is 35.5. The number of rotatable bonds is 54. The van der Waals surface area contributed by atoms with Crippen LogP contribution in [0.25, 0.3) is 10.2 Å². The normalized spacial score (nSPS) is 11.7. The average molecular weight is 1010 g/mol. The number of hydrogen-bond donors (Lipinski definition) is 0. The number of fused-ring (bicyclic) bond motifs is 1. The van der Waals surface area contributed by atoms with E-state index in [-0.39, 0.29) is 12.4 Å². The second kappa shape index (κ2) is 50.6. The summed E-state index contributed by atoms with van der Waals surface area (Å²) < 4.78 is 4.84. The summed E-state index contributed by atoms with van der Waals surface area (Å²) in [5, 5.41) is 1.76. The highest BCUT2D eigenvalue weighted by Gasteiger charge is 2.30. The van der Waals surface area contributed by atoms with E-state index in [2.05, 4.69) is 57.4 Å². The van der Waals surface area contributed by atoms with Gasteiger partial charge >= 0.3 is 0 Å². The van der Waals surface area contributed by atoms with Crippen molar-refractivity contribution in [1.82, 2.24) is 0 Å². The van der Waals surface area contributed by atoms with Crippen LogP contribution in [0.3, 0.4) is 0 Å². The summed E-state index contributed by atoms with van der Waals surface area (Å²) in [4.78, 5) is 0. The fraction of sp³-hybridized carbons (Fsp3) is 0.896. The van der Waals surface area contributed by atoms with Gasteiger partial charge in [0, 0.05) is 18.4 Å². The number of benzene rings is 1. The molecule has 0 N–H and O–H groups in total. The number of aryl methyl sites for hydroxylation is 4. The maximum atomic E-state index is 3.05.